The number of sulfonamides is 1. The SMILES string of the molecule is CCC(C)(C#N)NS(=O)(=O)c1cc([N+](=O)[O-])cc(C)c1C. The van der Waals surface area contributed by atoms with Crippen LogP contribution < -0.4 is 4.72 Å². The highest BCUT2D eigenvalue weighted by molar-refractivity contribution is 7.89. The number of hydrogen-bond acceptors (Lipinski definition) is 5. The van der Waals surface area contributed by atoms with Gasteiger partial charge in [-0.05, 0) is 38.3 Å². The topological polar surface area (TPSA) is 113 Å². The fourth-order valence-electron chi connectivity index (χ4n) is 1.72. The maximum atomic E-state index is 12.4. The molecule has 1 rings (SSSR count). The van der Waals surface area contributed by atoms with Crippen LogP contribution in [0.3, 0.4) is 0 Å². The number of nitrogens with zero attached hydrogens (tertiary/aromatic N) is 2. The Bertz CT molecular complexity index is 722. The second-order valence-electron chi connectivity index (χ2n) is 5.05. The van der Waals surface area contributed by atoms with Gasteiger partial charge in [-0.25, -0.2) is 8.42 Å². The van der Waals surface area contributed by atoms with Crippen molar-refractivity contribution in [3.8, 4) is 6.07 Å². The van der Waals surface area contributed by atoms with Gasteiger partial charge in [-0.2, -0.15) is 9.98 Å². The van der Waals surface area contributed by atoms with Gasteiger partial charge < -0.3 is 0 Å². The molecule has 0 spiro atoms. The minimum atomic E-state index is -4.03. The molecule has 0 aliphatic rings. The third-order valence-corrected chi connectivity index (χ3v) is 5.14. The van der Waals surface area contributed by atoms with Crippen molar-refractivity contribution in [1.29, 1.82) is 5.26 Å². The summed E-state index contributed by atoms with van der Waals surface area (Å²) in [5, 5.41) is 20.0. The van der Waals surface area contributed by atoms with Gasteiger partial charge in [0.1, 0.15) is 5.54 Å². The van der Waals surface area contributed by atoms with Crippen LogP contribution in [-0.4, -0.2) is 18.9 Å². The molecule has 114 valence electrons. The van der Waals surface area contributed by atoms with Crippen LogP contribution in [-0.2, 0) is 10.0 Å². The number of nitro groups is 1. The Morgan fingerprint density at radius 3 is 2.43 bits per heavy atom. The minimum Gasteiger partial charge on any atom is -0.258 e. The predicted molar refractivity (Wildman–Crippen MR) is 77.2 cm³/mol. The molecule has 0 heterocycles. The smallest absolute Gasteiger partial charge is 0.258 e. The average Bonchev–Trinajstić information content (AvgIpc) is 2.40. The molecule has 0 aromatic heterocycles. The number of nitro benzene ring substituents is 1. The summed E-state index contributed by atoms with van der Waals surface area (Å²) in [6.45, 7) is 6.31. The first-order chi connectivity index (χ1) is 9.56. The van der Waals surface area contributed by atoms with Crippen molar-refractivity contribution in [3.63, 3.8) is 0 Å². The van der Waals surface area contributed by atoms with E-state index < -0.39 is 20.5 Å². The van der Waals surface area contributed by atoms with Crippen molar-refractivity contribution in [1.82, 2.24) is 4.72 Å². The molecule has 8 heteroatoms. The number of rotatable bonds is 5. The van der Waals surface area contributed by atoms with Gasteiger partial charge in [-0.1, -0.05) is 6.92 Å². The van der Waals surface area contributed by atoms with Crippen molar-refractivity contribution >= 4 is 15.7 Å². The molecule has 0 aliphatic heterocycles. The van der Waals surface area contributed by atoms with Gasteiger partial charge in [-0.3, -0.25) is 10.1 Å². The second-order valence-corrected chi connectivity index (χ2v) is 6.70. The van der Waals surface area contributed by atoms with E-state index in [1.807, 2.05) is 6.07 Å². The van der Waals surface area contributed by atoms with Gasteiger partial charge in [0, 0.05) is 12.1 Å². The van der Waals surface area contributed by atoms with Gasteiger partial charge in [0.05, 0.1) is 15.9 Å². The fraction of sp³-hybridized carbons (Fsp3) is 0.462. The number of aryl methyl sites for hydroxylation is 1. The molecule has 0 radical (unpaired) electrons. The first-order valence-corrected chi connectivity index (χ1v) is 7.75. The van der Waals surface area contributed by atoms with Crippen molar-refractivity contribution in [2.75, 3.05) is 0 Å². The lowest BCUT2D eigenvalue weighted by Gasteiger charge is -2.22. The van der Waals surface area contributed by atoms with Crippen molar-refractivity contribution < 1.29 is 13.3 Å². The van der Waals surface area contributed by atoms with Crippen LogP contribution in [0.25, 0.3) is 0 Å². The third-order valence-electron chi connectivity index (χ3n) is 3.42. The molecule has 0 bridgehead atoms. The molecule has 7 nitrogen and oxygen atoms in total. The zero-order chi connectivity index (χ0) is 16.4. The lowest BCUT2D eigenvalue weighted by atomic mass is 10.0. The summed E-state index contributed by atoms with van der Waals surface area (Å²) in [6.07, 6.45) is 0.273. The maximum absolute atomic E-state index is 12.4. The summed E-state index contributed by atoms with van der Waals surface area (Å²) >= 11 is 0. The standard InChI is InChI=1S/C13H17N3O4S/c1-5-13(4,8-14)15-21(19,20)12-7-11(16(17)18)6-9(2)10(12)3/h6-7,15H,5H2,1-4H3. The van der Waals surface area contributed by atoms with Crippen molar-refractivity contribution in [3.05, 3.63) is 33.4 Å². The van der Waals surface area contributed by atoms with Gasteiger partial charge in [0.25, 0.3) is 5.69 Å². The molecule has 0 saturated heterocycles. The Morgan fingerprint density at radius 1 is 1.43 bits per heavy atom. The predicted octanol–water partition coefficient (Wildman–Crippen LogP) is 2.18. The lowest BCUT2D eigenvalue weighted by molar-refractivity contribution is -0.385. The monoisotopic (exact) mass is 311 g/mol. The molecular weight excluding hydrogens is 294 g/mol. The number of non-ortho nitro benzene ring substituents is 1. The number of hydrogen-bond donors (Lipinski definition) is 1. The van der Waals surface area contributed by atoms with Crippen LogP contribution in [0, 0.1) is 35.3 Å². The summed E-state index contributed by atoms with van der Waals surface area (Å²) in [4.78, 5) is 10.1. The summed E-state index contributed by atoms with van der Waals surface area (Å²) in [6, 6.07) is 4.23. The molecule has 0 saturated carbocycles. The van der Waals surface area contributed by atoms with Gasteiger partial charge >= 0.3 is 0 Å². The van der Waals surface area contributed by atoms with Crippen molar-refractivity contribution in [2.24, 2.45) is 0 Å². The Labute approximate surface area is 123 Å². The molecule has 1 atom stereocenters. The van der Waals surface area contributed by atoms with E-state index in [2.05, 4.69) is 4.72 Å². The Kier molecular flexibility index (Phi) is 4.71. The van der Waals surface area contributed by atoms with E-state index in [0.29, 0.717) is 11.1 Å². The van der Waals surface area contributed by atoms with E-state index in [0.717, 1.165) is 6.07 Å². The van der Waals surface area contributed by atoms with Crippen LogP contribution in [0.1, 0.15) is 31.4 Å². The first kappa shape index (κ1) is 17.1. The quantitative estimate of drug-likeness (QED) is 0.661. The van der Waals surface area contributed by atoms with E-state index >= 15 is 0 Å². The summed E-state index contributed by atoms with van der Waals surface area (Å²) in [5.74, 6) is 0. The highest BCUT2D eigenvalue weighted by Crippen LogP contribution is 2.26. The van der Waals surface area contributed by atoms with E-state index in [9.17, 15) is 18.5 Å². The van der Waals surface area contributed by atoms with Crippen LogP contribution in [0.4, 0.5) is 5.69 Å². The highest BCUT2D eigenvalue weighted by atomic mass is 32.2. The van der Waals surface area contributed by atoms with E-state index in [1.165, 1.54) is 13.0 Å². The van der Waals surface area contributed by atoms with E-state index in [4.69, 9.17) is 5.26 Å². The number of nitrogens with one attached hydrogen (secondary N) is 1. The summed E-state index contributed by atoms with van der Waals surface area (Å²) < 4.78 is 27.2. The average molecular weight is 311 g/mol. The molecule has 0 fully saturated rings. The largest absolute Gasteiger partial charge is 0.271 e. The Hall–Kier alpha value is -1.98. The molecule has 21 heavy (non-hydrogen) atoms. The molecule has 0 amide bonds. The van der Waals surface area contributed by atoms with Crippen molar-refractivity contribution in [2.45, 2.75) is 44.6 Å². The molecule has 1 aromatic carbocycles. The summed E-state index contributed by atoms with van der Waals surface area (Å²) in [7, 11) is -4.03. The fourth-order valence-corrected chi connectivity index (χ4v) is 3.45. The Morgan fingerprint density at radius 2 is 2.00 bits per heavy atom. The molecule has 0 aliphatic carbocycles. The zero-order valence-corrected chi connectivity index (χ0v) is 13.1. The number of nitriles is 1. The van der Waals surface area contributed by atoms with Gasteiger partial charge in [0.15, 0.2) is 0 Å². The Balaban J connectivity index is 3.46. The summed E-state index contributed by atoms with van der Waals surface area (Å²) in [5.41, 5.74) is -0.637. The first-order valence-electron chi connectivity index (χ1n) is 6.27. The maximum Gasteiger partial charge on any atom is 0.271 e. The molecule has 1 aromatic rings. The van der Waals surface area contributed by atoms with Gasteiger partial charge in [-0.15, -0.1) is 0 Å². The molecule has 1 unspecified atom stereocenters. The highest BCUT2D eigenvalue weighted by Gasteiger charge is 2.31. The van der Waals surface area contributed by atoms with Crippen LogP contribution in [0.5, 0.6) is 0 Å². The van der Waals surface area contributed by atoms with Crippen LogP contribution >= 0.6 is 0 Å². The van der Waals surface area contributed by atoms with Gasteiger partial charge in [0.2, 0.25) is 10.0 Å². The zero-order valence-electron chi connectivity index (χ0n) is 12.3. The lowest BCUT2D eigenvalue weighted by Crippen LogP contribution is -2.44. The van der Waals surface area contributed by atoms with Crippen LogP contribution in [0.2, 0.25) is 0 Å². The second kappa shape index (κ2) is 5.79. The normalized spacial score (nSPS) is 14.2. The number of benzene rings is 1. The van der Waals surface area contributed by atoms with E-state index in [-0.39, 0.29) is 17.0 Å². The molecular formula is C13H17N3O4S. The van der Waals surface area contributed by atoms with Crippen LogP contribution in [0.15, 0.2) is 17.0 Å². The molecule has 1 N–H and O–H groups in total. The minimum absolute atomic E-state index is 0.177. The third kappa shape index (κ3) is 3.56. The van der Waals surface area contributed by atoms with E-state index in [1.54, 1.807) is 20.8 Å².